The number of pyridine rings is 1. The van der Waals surface area contributed by atoms with E-state index in [4.69, 9.17) is 16.3 Å². The maximum absolute atomic E-state index is 12.7. The minimum Gasteiger partial charge on any atom is -0.495 e. The number of hydrogen-bond acceptors (Lipinski definition) is 4. The third-order valence-electron chi connectivity index (χ3n) is 4.28. The van der Waals surface area contributed by atoms with E-state index in [2.05, 4.69) is 27.4 Å². The lowest BCUT2D eigenvalue weighted by molar-refractivity contribution is 0.402. The number of hydrogen-bond donors (Lipinski definition) is 1. The van der Waals surface area contributed by atoms with Gasteiger partial charge < -0.3 is 9.30 Å². The first-order valence-corrected chi connectivity index (χ1v) is 10.6. The molecule has 8 heteroatoms. The van der Waals surface area contributed by atoms with Crippen LogP contribution in [0.5, 0.6) is 5.75 Å². The second-order valence-electron chi connectivity index (χ2n) is 6.17. The molecule has 0 saturated heterocycles. The van der Waals surface area contributed by atoms with E-state index < -0.39 is 10.0 Å². The number of ether oxygens (including phenoxy) is 1. The van der Waals surface area contributed by atoms with Gasteiger partial charge in [-0.3, -0.25) is 0 Å². The van der Waals surface area contributed by atoms with Crippen LogP contribution in [0.1, 0.15) is 18.9 Å². The van der Waals surface area contributed by atoms with Gasteiger partial charge in [-0.2, -0.15) is 0 Å². The van der Waals surface area contributed by atoms with Crippen LogP contribution in [0, 0.1) is 0 Å². The van der Waals surface area contributed by atoms with Crippen molar-refractivity contribution in [2.75, 3.05) is 13.7 Å². The van der Waals surface area contributed by atoms with Gasteiger partial charge in [0.2, 0.25) is 10.0 Å². The highest BCUT2D eigenvalue weighted by molar-refractivity contribution is 7.89. The molecule has 0 amide bonds. The molecule has 0 spiro atoms. The highest BCUT2D eigenvalue weighted by Crippen LogP contribution is 2.27. The molecule has 2 aromatic heterocycles. The number of aryl methyl sites for hydroxylation is 1. The molecule has 6 nitrogen and oxygen atoms in total. The van der Waals surface area contributed by atoms with Gasteiger partial charge in [-0.15, -0.1) is 0 Å². The summed E-state index contributed by atoms with van der Waals surface area (Å²) >= 11 is 5.95. The molecule has 0 bridgehead atoms. The zero-order valence-corrected chi connectivity index (χ0v) is 16.8. The molecular formula is C19H22ClN3O3S. The molecule has 0 unspecified atom stereocenters. The Kier molecular flexibility index (Phi) is 6.04. The smallest absolute Gasteiger partial charge is 0.244 e. The summed E-state index contributed by atoms with van der Waals surface area (Å²) in [4.78, 5) is 4.49. The van der Waals surface area contributed by atoms with Gasteiger partial charge >= 0.3 is 0 Å². The van der Waals surface area contributed by atoms with Crippen LogP contribution in [0.4, 0.5) is 0 Å². The van der Waals surface area contributed by atoms with Crippen molar-refractivity contribution in [1.82, 2.24) is 14.3 Å². The zero-order chi connectivity index (χ0) is 19.4. The van der Waals surface area contributed by atoms with Crippen LogP contribution in [0.15, 0.2) is 47.6 Å². The van der Waals surface area contributed by atoms with E-state index in [1.165, 1.54) is 13.2 Å². The monoisotopic (exact) mass is 407 g/mol. The molecule has 1 aromatic carbocycles. The number of aromatic nitrogens is 2. The summed E-state index contributed by atoms with van der Waals surface area (Å²) in [5.74, 6) is 0.260. The lowest BCUT2D eigenvalue weighted by Gasteiger charge is -2.11. The number of benzene rings is 1. The molecule has 0 saturated carbocycles. The van der Waals surface area contributed by atoms with E-state index in [1.54, 1.807) is 18.3 Å². The summed E-state index contributed by atoms with van der Waals surface area (Å²) in [7, 11) is -2.31. The van der Waals surface area contributed by atoms with Crippen LogP contribution in [0.25, 0.3) is 11.0 Å². The molecule has 144 valence electrons. The molecule has 0 aliphatic rings. The predicted octanol–water partition coefficient (Wildman–Crippen LogP) is 3.63. The third kappa shape index (κ3) is 4.26. The molecule has 3 rings (SSSR count). The van der Waals surface area contributed by atoms with Crippen molar-refractivity contribution in [2.45, 2.75) is 31.2 Å². The Morgan fingerprint density at radius 1 is 1.30 bits per heavy atom. The summed E-state index contributed by atoms with van der Waals surface area (Å²) in [5, 5.41) is 1.38. The van der Waals surface area contributed by atoms with E-state index in [0.29, 0.717) is 11.4 Å². The second-order valence-corrected chi connectivity index (χ2v) is 8.34. The van der Waals surface area contributed by atoms with Crippen molar-refractivity contribution in [2.24, 2.45) is 0 Å². The van der Waals surface area contributed by atoms with E-state index in [1.807, 2.05) is 12.1 Å². The Bertz CT molecular complexity index is 1050. The maximum Gasteiger partial charge on any atom is 0.244 e. The average Bonchev–Trinajstić information content (AvgIpc) is 3.00. The maximum atomic E-state index is 12.7. The molecule has 0 radical (unpaired) electrons. The Labute approximate surface area is 164 Å². The fraction of sp³-hybridized carbons (Fsp3) is 0.316. The quantitative estimate of drug-likeness (QED) is 0.618. The summed E-state index contributed by atoms with van der Waals surface area (Å²) in [6, 6.07) is 8.43. The van der Waals surface area contributed by atoms with Gasteiger partial charge in [-0.05, 0) is 48.7 Å². The number of methoxy groups -OCH3 is 1. The van der Waals surface area contributed by atoms with Crippen LogP contribution in [0.3, 0.4) is 0 Å². The van der Waals surface area contributed by atoms with Crippen LogP contribution in [-0.4, -0.2) is 31.6 Å². The van der Waals surface area contributed by atoms with Crippen molar-refractivity contribution < 1.29 is 13.2 Å². The lowest BCUT2D eigenvalue weighted by atomic mass is 10.2. The molecule has 0 fully saturated rings. The SMILES string of the molecule is CCCn1cc(CCNS(=O)(=O)c2cc(Cl)ccc2OC)c2cccnc21. The standard InChI is InChI=1S/C19H22ClN3O3S/c1-3-11-23-13-14(16-5-4-9-21-19(16)23)8-10-22-27(24,25)18-12-15(20)6-7-17(18)26-2/h4-7,9,12-13,22H,3,8,10-11H2,1-2H3. The Morgan fingerprint density at radius 2 is 2.11 bits per heavy atom. The molecule has 0 aliphatic heterocycles. The highest BCUT2D eigenvalue weighted by atomic mass is 35.5. The summed E-state index contributed by atoms with van der Waals surface area (Å²) < 4.78 is 35.2. The van der Waals surface area contributed by atoms with Crippen molar-refractivity contribution in [3.63, 3.8) is 0 Å². The van der Waals surface area contributed by atoms with Gasteiger partial charge in [0.1, 0.15) is 16.3 Å². The zero-order valence-electron chi connectivity index (χ0n) is 15.3. The van der Waals surface area contributed by atoms with Crippen molar-refractivity contribution in [3.05, 3.63) is 53.3 Å². The first-order valence-electron chi connectivity index (χ1n) is 8.72. The highest BCUT2D eigenvalue weighted by Gasteiger charge is 2.20. The number of rotatable bonds is 8. The number of halogens is 1. The molecule has 1 N–H and O–H groups in total. The molecule has 3 aromatic rings. The summed E-state index contributed by atoms with van der Waals surface area (Å²) in [5.41, 5.74) is 1.99. The molecule has 27 heavy (non-hydrogen) atoms. The van der Waals surface area contributed by atoms with Gasteiger partial charge in [0.15, 0.2) is 0 Å². The fourth-order valence-corrected chi connectivity index (χ4v) is 4.53. The minimum atomic E-state index is -3.73. The van der Waals surface area contributed by atoms with Crippen molar-refractivity contribution >= 4 is 32.7 Å². The van der Waals surface area contributed by atoms with Crippen LogP contribution < -0.4 is 9.46 Å². The second kappa shape index (κ2) is 8.29. The molecule has 0 aliphatic carbocycles. The van der Waals surface area contributed by atoms with Gasteiger partial charge in [-0.25, -0.2) is 18.1 Å². The van der Waals surface area contributed by atoms with Gasteiger partial charge in [0.05, 0.1) is 7.11 Å². The Hall–Kier alpha value is -2.09. The van der Waals surface area contributed by atoms with Crippen LogP contribution in [-0.2, 0) is 23.0 Å². The minimum absolute atomic E-state index is 0.0348. The summed E-state index contributed by atoms with van der Waals surface area (Å²) in [6.07, 6.45) is 5.38. The third-order valence-corrected chi connectivity index (χ3v) is 6.00. The van der Waals surface area contributed by atoms with Crippen LogP contribution >= 0.6 is 11.6 Å². The Morgan fingerprint density at radius 3 is 2.85 bits per heavy atom. The van der Waals surface area contributed by atoms with E-state index in [9.17, 15) is 8.42 Å². The van der Waals surface area contributed by atoms with Gasteiger partial charge in [0, 0.05) is 35.9 Å². The number of sulfonamides is 1. The fourth-order valence-electron chi connectivity index (χ4n) is 3.06. The van der Waals surface area contributed by atoms with Gasteiger partial charge in [-0.1, -0.05) is 18.5 Å². The first kappa shape index (κ1) is 19.7. The number of fused-ring (bicyclic) bond motifs is 1. The van der Waals surface area contributed by atoms with E-state index in [-0.39, 0.29) is 17.2 Å². The van der Waals surface area contributed by atoms with E-state index in [0.717, 1.165) is 29.6 Å². The Balaban J connectivity index is 1.78. The van der Waals surface area contributed by atoms with Crippen LogP contribution in [0.2, 0.25) is 5.02 Å². The normalized spacial score (nSPS) is 11.8. The molecular weight excluding hydrogens is 386 g/mol. The molecule has 2 heterocycles. The predicted molar refractivity (Wildman–Crippen MR) is 107 cm³/mol. The van der Waals surface area contributed by atoms with Gasteiger partial charge in [0.25, 0.3) is 0 Å². The lowest BCUT2D eigenvalue weighted by Crippen LogP contribution is -2.26. The number of nitrogens with one attached hydrogen (secondary N) is 1. The first-order chi connectivity index (χ1) is 13.0. The molecule has 0 atom stereocenters. The van der Waals surface area contributed by atoms with Crippen molar-refractivity contribution in [3.8, 4) is 5.75 Å². The largest absolute Gasteiger partial charge is 0.495 e. The van der Waals surface area contributed by atoms with Crippen molar-refractivity contribution in [1.29, 1.82) is 0 Å². The van der Waals surface area contributed by atoms with E-state index >= 15 is 0 Å². The average molecular weight is 408 g/mol. The summed E-state index contributed by atoms with van der Waals surface area (Å²) in [6.45, 7) is 3.25. The number of nitrogens with zero attached hydrogens (tertiary/aromatic N) is 2. The topological polar surface area (TPSA) is 73.2 Å².